The molecule has 2 rings (SSSR count). The molecule has 0 aromatic heterocycles. The van der Waals surface area contributed by atoms with Crippen LogP contribution in [0.1, 0.15) is 36.1 Å². The molecule has 112 valence electrons. The van der Waals surface area contributed by atoms with Gasteiger partial charge in [0.15, 0.2) is 0 Å². The van der Waals surface area contributed by atoms with E-state index >= 15 is 0 Å². The van der Waals surface area contributed by atoms with Crippen LogP contribution >= 0.6 is 34.8 Å². The lowest BCUT2D eigenvalue weighted by atomic mass is 9.97. The number of halogens is 3. The molecular weight excluding hydrogens is 325 g/mol. The van der Waals surface area contributed by atoms with Gasteiger partial charge in [-0.1, -0.05) is 53.9 Å². The zero-order valence-corrected chi connectivity index (χ0v) is 14.4. The fraction of sp³-hybridized carbons (Fsp3) is 0.294. The van der Waals surface area contributed by atoms with E-state index in [-0.39, 0.29) is 6.04 Å². The second kappa shape index (κ2) is 7.51. The van der Waals surface area contributed by atoms with E-state index in [2.05, 4.69) is 18.3 Å². The van der Waals surface area contributed by atoms with Crippen molar-refractivity contribution in [1.29, 1.82) is 0 Å². The number of hydrogen-bond donors (Lipinski definition) is 1. The van der Waals surface area contributed by atoms with Gasteiger partial charge in [0.2, 0.25) is 0 Å². The van der Waals surface area contributed by atoms with Crippen LogP contribution in [0.3, 0.4) is 0 Å². The largest absolute Gasteiger partial charge is 0.306 e. The van der Waals surface area contributed by atoms with Gasteiger partial charge in [-0.05, 0) is 60.8 Å². The van der Waals surface area contributed by atoms with Gasteiger partial charge in [0, 0.05) is 15.1 Å². The molecule has 2 aromatic rings. The molecule has 1 atom stereocenters. The number of aryl methyl sites for hydroxylation is 1. The predicted molar refractivity (Wildman–Crippen MR) is 92.8 cm³/mol. The first-order valence-corrected chi connectivity index (χ1v) is 8.10. The Balaban J connectivity index is 2.43. The van der Waals surface area contributed by atoms with Crippen molar-refractivity contribution in [2.45, 2.75) is 26.3 Å². The van der Waals surface area contributed by atoms with Gasteiger partial charge >= 0.3 is 0 Å². The van der Waals surface area contributed by atoms with Gasteiger partial charge in [-0.3, -0.25) is 0 Å². The molecule has 0 amide bonds. The molecule has 0 aliphatic rings. The Morgan fingerprint density at radius 3 is 2.19 bits per heavy atom. The first kappa shape index (κ1) is 16.6. The fourth-order valence-corrected chi connectivity index (χ4v) is 2.98. The maximum Gasteiger partial charge on any atom is 0.0578 e. The van der Waals surface area contributed by atoms with Crippen molar-refractivity contribution in [3.63, 3.8) is 0 Å². The summed E-state index contributed by atoms with van der Waals surface area (Å²) in [5.74, 6) is 0. The molecule has 1 nitrogen and oxygen atoms in total. The first-order chi connectivity index (χ1) is 10.0. The summed E-state index contributed by atoms with van der Waals surface area (Å²) in [5.41, 5.74) is 3.22. The average molecular weight is 343 g/mol. The summed E-state index contributed by atoms with van der Waals surface area (Å²) in [5, 5.41) is 5.57. The van der Waals surface area contributed by atoms with E-state index in [9.17, 15) is 0 Å². The zero-order chi connectivity index (χ0) is 15.4. The zero-order valence-electron chi connectivity index (χ0n) is 12.1. The molecule has 0 radical (unpaired) electrons. The van der Waals surface area contributed by atoms with E-state index in [4.69, 9.17) is 34.8 Å². The van der Waals surface area contributed by atoms with Gasteiger partial charge in [0.1, 0.15) is 0 Å². The van der Waals surface area contributed by atoms with Gasteiger partial charge in [0.05, 0.1) is 6.04 Å². The monoisotopic (exact) mass is 341 g/mol. The van der Waals surface area contributed by atoms with E-state index in [0.717, 1.165) is 34.7 Å². The quantitative estimate of drug-likeness (QED) is 0.698. The lowest BCUT2D eigenvalue weighted by Crippen LogP contribution is -2.23. The minimum Gasteiger partial charge on any atom is -0.306 e. The molecule has 0 aliphatic heterocycles. The predicted octanol–water partition coefficient (Wildman–Crippen LogP) is 6.04. The van der Waals surface area contributed by atoms with Gasteiger partial charge in [-0.2, -0.15) is 0 Å². The molecule has 0 spiro atoms. The molecule has 0 saturated heterocycles. The highest BCUT2D eigenvalue weighted by Gasteiger charge is 2.15. The van der Waals surface area contributed by atoms with E-state index in [1.807, 2.05) is 31.2 Å². The molecule has 0 aliphatic carbocycles. The van der Waals surface area contributed by atoms with Crippen LogP contribution in [-0.2, 0) is 0 Å². The Morgan fingerprint density at radius 2 is 1.62 bits per heavy atom. The summed E-state index contributed by atoms with van der Waals surface area (Å²) in [7, 11) is 0. The van der Waals surface area contributed by atoms with Crippen LogP contribution in [0.25, 0.3) is 0 Å². The second-order valence-electron chi connectivity index (χ2n) is 5.10. The number of benzene rings is 2. The highest BCUT2D eigenvalue weighted by Crippen LogP contribution is 2.30. The molecular formula is C17H18Cl3N. The highest BCUT2D eigenvalue weighted by atomic mass is 35.5. The van der Waals surface area contributed by atoms with E-state index in [0.29, 0.717) is 10.0 Å². The summed E-state index contributed by atoms with van der Waals surface area (Å²) in [4.78, 5) is 0. The van der Waals surface area contributed by atoms with Crippen molar-refractivity contribution in [1.82, 2.24) is 5.32 Å². The number of nitrogens with one attached hydrogen (secondary N) is 1. The van der Waals surface area contributed by atoms with Gasteiger partial charge < -0.3 is 5.32 Å². The van der Waals surface area contributed by atoms with Gasteiger partial charge in [-0.15, -0.1) is 0 Å². The van der Waals surface area contributed by atoms with Crippen molar-refractivity contribution in [2.24, 2.45) is 0 Å². The topological polar surface area (TPSA) is 12.0 Å². The average Bonchev–Trinajstić information content (AvgIpc) is 2.42. The summed E-state index contributed by atoms with van der Waals surface area (Å²) in [6.07, 6.45) is 1.05. The Bertz CT molecular complexity index is 605. The van der Waals surface area contributed by atoms with Crippen LogP contribution in [-0.4, -0.2) is 6.54 Å². The molecule has 0 saturated carbocycles. The molecule has 1 unspecified atom stereocenters. The Hall–Kier alpha value is -0.730. The standard InChI is InChI=1S/C17H18Cl3N/c1-3-6-21-17(12-5-4-11(2)16(20)9-12)13-7-14(18)10-15(19)8-13/h4-5,7-10,17,21H,3,6H2,1-2H3. The molecule has 2 aromatic carbocycles. The van der Waals surface area contributed by atoms with Gasteiger partial charge in [-0.25, -0.2) is 0 Å². The third-order valence-corrected chi connectivity index (χ3v) is 4.19. The van der Waals surface area contributed by atoms with Crippen LogP contribution < -0.4 is 5.32 Å². The van der Waals surface area contributed by atoms with Crippen molar-refractivity contribution < 1.29 is 0 Å². The Morgan fingerprint density at radius 1 is 0.952 bits per heavy atom. The molecule has 0 fully saturated rings. The maximum atomic E-state index is 6.26. The third kappa shape index (κ3) is 4.37. The fourth-order valence-electron chi connectivity index (χ4n) is 2.25. The normalized spacial score (nSPS) is 12.4. The van der Waals surface area contributed by atoms with E-state index in [1.54, 1.807) is 6.07 Å². The summed E-state index contributed by atoms with van der Waals surface area (Å²) in [6.45, 7) is 5.04. The third-order valence-electron chi connectivity index (χ3n) is 3.35. The van der Waals surface area contributed by atoms with Crippen LogP contribution in [0.15, 0.2) is 36.4 Å². The molecule has 4 heteroatoms. The van der Waals surface area contributed by atoms with Crippen molar-refractivity contribution in [3.8, 4) is 0 Å². The maximum absolute atomic E-state index is 6.26. The van der Waals surface area contributed by atoms with Crippen LogP contribution in [0, 0.1) is 6.92 Å². The minimum absolute atomic E-state index is 0.0271. The second-order valence-corrected chi connectivity index (χ2v) is 6.38. The van der Waals surface area contributed by atoms with Crippen LogP contribution in [0.5, 0.6) is 0 Å². The Labute approximate surface area is 141 Å². The summed E-state index contributed by atoms with van der Waals surface area (Å²) >= 11 is 18.5. The van der Waals surface area contributed by atoms with Crippen molar-refractivity contribution >= 4 is 34.8 Å². The highest BCUT2D eigenvalue weighted by molar-refractivity contribution is 6.34. The minimum atomic E-state index is 0.0271. The molecule has 0 heterocycles. The SMILES string of the molecule is CCCNC(c1cc(Cl)cc(Cl)c1)c1ccc(C)c(Cl)c1. The van der Waals surface area contributed by atoms with Crippen molar-refractivity contribution in [2.75, 3.05) is 6.54 Å². The lowest BCUT2D eigenvalue weighted by Gasteiger charge is -2.21. The molecule has 0 bridgehead atoms. The number of hydrogen-bond acceptors (Lipinski definition) is 1. The smallest absolute Gasteiger partial charge is 0.0578 e. The number of rotatable bonds is 5. The van der Waals surface area contributed by atoms with Gasteiger partial charge in [0.25, 0.3) is 0 Å². The van der Waals surface area contributed by atoms with Crippen LogP contribution in [0.2, 0.25) is 15.1 Å². The lowest BCUT2D eigenvalue weighted by molar-refractivity contribution is 0.598. The van der Waals surface area contributed by atoms with Crippen LogP contribution in [0.4, 0.5) is 0 Å². The summed E-state index contributed by atoms with van der Waals surface area (Å²) in [6, 6.07) is 11.8. The molecule has 21 heavy (non-hydrogen) atoms. The first-order valence-electron chi connectivity index (χ1n) is 6.96. The van der Waals surface area contributed by atoms with E-state index in [1.165, 1.54) is 0 Å². The molecule has 1 N–H and O–H groups in total. The Kier molecular flexibility index (Phi) is 5.95. The van der Waals surface area contributed by atoms with Crippen molar-refractivity contribution in [3.05, 3.63) is 68.2 Å². The summed E-state index contributed by atoms with van der Waals surface area (Å²) < 4.78 is 0. The van der Waals surface area contributed by atoms with E-state index < -0.39 is 0 Å².